The number of carbonyl (C=O) groups excluding carboxylic acids is 2. The average molecular weight is 631 g/mol. The SMILES string of the molecule is CCN1CCC(NC(=O)c2cc(OC)c(Nc3ncc(C(F)(F)F)c(OCCc4cccc5c4C(=O)N(C)C5)n3)cc2F)CC1. The lowest BCUT2D eigenvalue weighted by molar-refractivity contribution is -0.139. The Morgan fingerprint density at radius 3 is 2.62 bits per heavy atom. The average Bonchev–Trinajstić information content (AvgIpc) is 3.30. The summed E-state index contributed by atoms with van der Waals surface area (Å²) in [5, 5.41) is 5.54. The first kappa shape index (κ1) is 31.9. The monoisotopic (exact) mass is 630 g/mol. The molecule has 0 spiro atoms. The summed E-state index contributed by atoms with van der Waals surface area (Å²) in [6.07, 6.45) is -2.59. The quantitative estimate of drug-likeness (QED) is 0.308. The second-order valence-electron chi connectivity index (χ2n) is 11.0. The summed E-state index contributed by atoms with van der Waals surface area (Å²) in [4.78, 5) is 36.9. The largest absolute Gasteiger partial charge is 0.495 e. The lowest BCUT2D eigenvalue weighted by Gasteiger charge is -2.31. The summed E-state index contributed by atoms with van der Waals surface area (Å²) < 4.78 is 67.4. The number of hydrogen-bond donors (Lipinski definition) is 2. The highest BCUT2D eigenvalue weighted by Crippen LogP contribution is 2.37. The maximum Gasteiger partial charge on any atom is 0.423 e. The van der Waals surface area contributed by atoms with Gasteiger partial charge in [-0.25, -0.2) is 9.37 Å². The Balaban J connectivity index is 1.32. The van der Waals surface area contributed by atoms with Gasteiger partial charge in [0.2, 0.25) is 11.8 Å². The zero-order valence-electron chi connectivity index (χ0n) is 25.1. The first-order valence-corrected chi connectivity index (χ1v) is 14.6. The second kappa shape index (κ2) is 13.3. The van der Waals surface area contributed by atoms with E-state index in [0.717, 1.165) is 44.1 Å². The number of rotatable bonds is 10. The van der Waals surface area contributed by atoms with Gasteiger partial charge in [-0.1, -0.05) is 25.1 Å². The summed E-state index contributed by atoms with van der Waals surface area (Å²) in [7, 11) is 2.99. The van der Waals surface area contributed by atoms with E-state index in [0.29, 0.717) is 23.9 Å². The molecule has 14 heteroatoms. The van der Waals surface area contributed by atoms with Crippen molar-refractivity contribution in [2.45, 2.75) is 44.9 Å². The van der Waals surface area contributed by atoms with Crippen molar-refractivity contribution in [2.75, 3.05) is 45.7 Å². The summed E-state index contributed by atoms with van der Waals surface area (Å²) in [6, 6.07) is 7.47. The number of halogens is 4. The summed E-state index contributed by atoms with van der Waals surface area (Å²) in [5.41, 5.74) is 0.584. The maximum atomic E-state index is 15.2. The van der Waals surface area contributed by atoms with Gasteiger partial charge in [0.1, 0.15) is 17.1 Å². The van der Waals surface area contributed by atoms with Gasteiger partial charge in [-0.3, -0.25) is 9.59 Å². The Kier molecular flexibility index (Phi) is 9.42. The summed E-state index contributed by atoms with van der Waals surface area (Å²) in [6.45, 7) is 4.91. The number of amides is 2. The minimum atomic E-state index is -4.81. The summed E-state index contributed by atoms with van der Waals surface area (Å²) >= 11 is 0. The van der Waals surface area contributed by atoms with Gasteiger partial charge < -0.3 is 29.9 Å². The van der Waals surface area contributed by atoms with Crippen LogP contribution in [0.1, 0.15) is 57.2 Å². The van der Waals surface area contributed by atoms with Crippen LogP contribution in [-0.2, 0) is 19.1 Å². The van der Waals surface area contributed by atoms with Gasteiger partial charge in [0, 0.05) is 57.0 Å². The van der Waals surface area contributed by atoms with E-state index in [4.69, 9.17) is 9.47 Å². The van der Waals surface area contributed by atoms with Crippen molar-refractivity contribution in [3.05, 3.63) is 70.2 Å². The number of methoxy groups -OCH3 is 1. The van der Waals surface area contributed by atoms with Crippen LogP contribution in [0.3, 0.4) is 0 Å². The number of piperidine rings is 1. The second-order valence-corrected chi connectivity index (χ2v) is 11.0. The normalized spacial score (nSPS) is 15.6. The van der Waals surface area contributed by atoms with E-state index in [1.54, 1.807) is 24.1 Å². The third-order valence-corrected chi connectivity index (χ3v) is 8.02. The van der Waals surface area contributed by atoms with Crippen molar-refractivity contribution in [3.8, 4) is 11.6 Å². The third kappa shape index (κ3) is 7.11. The number of anilines is 2. The van der Waals surface area contributed by atoms with Crippen LogP contribution in [0, 0.1) is 5.82 Å². The molecule has 0 unspecified atom stereocenters. The minimum Gasteiger partial charge on any atom is -0.495 e. The number of likely N-dealkylation sites (tertiary alicyclic amines) is 1. The van der Waals surface area contributed by atoms with Gasteiger partial charge in [-0.15, -0.1) is 0 Å². The number of nitrogens with one attached hydrogen (secondary N) is 2. The predicted octanol–water partition coefficient (Wildman–Crippen LogP) is 4.81. The Morgan fingerprint density at radius 1 is 1.18 bits per heavy atom. The van der Waals surface area contributed by atoms with E-state index < -0.39 is 29.3 Å². The first-order chi connectivity index (χ1) is 21.5. The molecule has 2 aromatic carbocycles. The van der Waals surface area contributed by atoms with E-state index >= 15 is 4.39 Å². The van der Waals surface area contributed by atoms with Crippen LogP contribution in [0.15, 0.2) is 36.5 Å². The zero-order chi connectivity index (χ0) is 32.3. The Labute approximate surface area is 257 Å². The number of hydrogen-bond acceptors (Lipinski definition) is 8. The summed E-state index contributed by atoms with van der Waals surface area (Å²) in [5.74, 6) is -2.60. The Morgan fingerprint density at radius 2 is 1.93 bits per heavy atom. The molecule has 1 aromatic heterocycles. The van der Waals surface area contributed by atoms with Crippen molar-refractivity contribution in [2.24, 2.45) is 0 Å². The number of benzene rings is 2. The molecule has 2 aliphatic rings. The number of ether oxygens (including phenoxy) is 2. The number of alkyl halides is 3. The standard InChI is InChI=1S/C31H34F4N6O4/c1-4-41-11-8-20(9-12-41)37-27(42)21-14-25(44-3)24(15-23(21)32)38-30-36-16-22(31(33,34)35)28(39-30)45-13-10-18-6-5-7-19-17-40(2)29(43)26(18)19/h5-7,14-16,20H,4,8-13,17H2,1-3H3,(H,37,42)(H,36,38,39). The predicted molar refractivity (Wildman–Crippen MR) is 157 cm³/mol. The van der Waals surface area contributed by atoms with Crippen LogP contribution < -0.4 is 20.1 Å². The van der Waals surface area contributed by atoms with Crippen molar-refractivity contribution in [1.82, 2.24) is 25.1 Å². The lowest BCUT2D eigenvalue weighted by Crippen LogP contribution is -2.44. The van der Waals surface area contributed by atoms with Crippen LogP contribution in [-0.4, -0.2) is 78.0 Å². The molecule has 2 aliphatic heterocycles. The molecule has 3 heterocycles. The van der Waals surface area contributed by atoms with Crippen LogP contribution in [0.2, 0.25) is 0 Å². The number of aromatic nitrogens is 2. The molecule has 3 aromatic rings. The molecule has 240 valence electrons. The molecule has 2 amide bonds. The molecule has 0 bridgehead atoms. The highest BCUT2D eigenvalue weighted by Gasteiger charge is 2.36. The van der Waals surface area contributed by atoms with Crippen molar-refractivity contribution < 1.29 is 36.6 Å². The molecule has 1 saturated heterocycles. The first-order valence-electron chi connectivity index (χ1n) is 14.6. The number of fused-ring (bicyclic) bond motifs is 1. The smallest absolute Gasteiger partial charge is 0.423 e. The van der Waals surface area contributed by atoms with E-state index in [2.05, 4.69) is 32.4 Å². The molecule has 0 aliphatic carbocycles. The van der Waals surface area contributed by atoms with Gasteiger partial charge in [-0.05, 0) is 36.6 Å². The number of carbonyl (C=O) groups is 2. The van der Waals surface area contributed by atoms with Crippen molar-refractivity contribution >= 4 is 23.5 Å². The van der Waals surface area contributed by atoms with Gasteiger partial charge in [0.15, 0.2) is 0 Å². The number of nitrogens with zero attached hydrogens (tertiary/aromatic N) is 4. The third-order valence-electron chi connectivity index (χ3n) is 8.02. The van der Waals surface area contributed by atoms with Crippen LogP contribution in [0.4, 0.5) is 29.2 Å². The van der Waals surface area contributed by atoms with Crippen LogP contribution in [0.25, 0.3) is 0 Å². The fraction of sp³-hybridized carbons (Fsp3) is 0.419. The van der Waals surface area contributed by atoms with Crippen molar-refractivity contribution in [3.63, 3.8) is 0 Å². The lowest BCUT2D eigenvalue weighted by atomic mass is 10.0. The molecule has 0 atom stereocenters. The Bertz CT molecular complexity index is 1580. The fourth-order valence-electron chi connectivity index (χ4n) is 5.55. The van der Waals surface area contributed by atoms with E-state index in [-0.39, 0.29) is 47.9 Å². The molecule has 5 rings (SSSR count). The topological polar surface area (TPSA) is 109 Å². The molecule has 45 heavy (non-hydrogen) atoms. The molecule has 1 fully saturated rings. The molecule has 0 saturated carbocycles. The fourth-order valence-corrected chi connectivity index (χ4v) is 5.55. The van der Waals surface area contributed by atoms with Crippen molar-refractivity contribution in [1.29, 1.82) is 0 Å². The molecule has 0 radical (unpaired) electrons. The van der Waals surface area contributed by atoms with E-state index in [9.17, 15) is 22.8 Å². The van der Waals surface area contributed by atoms with Gasteiger partial charge >= 0.3 is 6.18 Å². The Hall–Kier alpha value is -4.46. The van der Waals surface area contributed by atoms with Gasteiger partial charge in [0.25, 0.3) is 11.8 Å². The van der Waals surface area contributed by atoms with E-state index in [1.165, 1.54) is 13.2 Å². The zero-order valence-corrected chi connectivity index (χ0v) is 25.1. The highest BCUT2D eigenvalue weighted by atomic mass is 19.4. The van der Waals surface area contributed by atoms with Gasteiger partial charge in [0.05, 0.1) is 25.0 Å². The minimum absolute atomic E-state index is 0.00371. The van der Waals surface area contributed by atoms with Gasteiger partial charge in [-0.2, -0.15) is 18.2 Å². The van der Waals surface area contributed by atoms with Crippen LogP contribution in [0.5, 0.6) is 11.6 Å². The van der Waals surface area contributed by atoms with Crippen LogP contribution >= 0.6 is 0 Å². The molecule has 2 N–H and O–H groups in total. The molecule has 10 nitrogen and oxygen atoms in total. The molecular formula is C31H34F4N6O4. The highest BCUT2D eigenvalue weighted by molar-refractivity contribution is 5.99. The molecular weight excluding hydrogens is 596 g/mol. The maximum absolute atomic E-state index is 15.2. The van der Waals surface area contributed by atoms with E-state index in [1.807, 2.05) is 6.07 Å².